The van der Waals surface area contributed by atoms with Crippen molar-refractivity contribution in [2.24, 2.45) is 5.18 Å². The fraction of sp³-hybridized carbons (Fsp3) is 0.857. The minimum atomic E-state index is -0.525. The predicted molar refractivity (Wildman–Crippen MR) is 37.7 cm³/mol. The molecule has 3 nitrogen and oxygen atoms in total. The molecule has 0 aliphatic heterocycles. The second-order valence-corrected chi connectivity index (χ2v) is 2.69. The molecule has 1 rings (SSSR count). The van der Waals surface area contributed by atoms with Crippen LogP contribution < -0.4 is 0 Å². The topological polar surface area (TPSA) is 46.5 Å². The zero-order valence-electron chi connectivity index (χ0n) is 5.88. The molecular weight excluding hydrogens is 130 g/mol. The maximum atomic E-state index is 11.0. The van der Waals surface area contributed by atoms with Crippen LogP contribution in [0.25, 0.3) is 0 Å². The molecule has 0 aromatic carbocycles. The van der Waals surface area contributed by atoms with Crippen LogP contribution in [0, 0.1) is 4.91 Å². The van der Waals surface area contributed by atoms with Gasteiger partial charge in [-0.05, 0) is 12.8 Å². The van der Waals surface area contributed by atoms with Gasteiger partial charge < -0.3 is 0 Å². The minimum Gasteiger partial charge on any atom is -0.297 e. The molecule has 1 atom stereocenters. The Hall–Kier alpha value is -0.730. The maximum Gasteiger partial charge on any atom is 0.160 e. The fourth-order valence-corrected chi connectivity index (χ4v) is 1.25. The standard InChI is InChI=1S/C7H11NO2/c9-7-5-3-1-2-4-6(7)8-10/h6H,1-5H2. The Labute approximate surface area is 59.8 Å². The van der Waals surface area contributed by atoms with E-state index in [-0.39, 0.29) is 5.78 Å². The highest BCUT2D eigenvalue weighted by Crippen LogP contribution is 2.16. The second kappa shape index (κ2) is 3.44. The lowest BCUT2D eigenvalue weighted by Crippen LogP contribution is -2.15. The number of carbonyl (C=O) groups excluding carboxylic acids is 1. The van der Waals surface area contributed by atoms with E-state index in [0.29, 0.717) is 12.8 Å². The van der Waals surface area contributed by atoms with Crippen LogP contribution in [0.1, 0.15) is 32.1 Å². The molecule has 1 aliphatic rings. The van der Waals surface area contributed by atoms with Crippen molar-refractivity contribution in [3.63, 3.8) is 0 Å². The van der Waals surface area contributed by atoms with Crippen molar-refractivity contribution in [1.82, 2.24) is 0 Å². The summed E-state index contributed by atoms with van der Waals surface area (Å²) in [4.78, 5) is 21.0. The molecule has 0 N–H and O–H groups in total. The van der Waals surface area contributed by atoms with Crippen molar-refractivity contribution >= 4 is 5.78 Å². The monoisotopic (exact) mass is 141 g/mol. The molecule has 1 aliphatic carbocycles. The number of Topliss-reactive ketones (excluding diaryl/α,β-unsaturated/α-hetero) is 1. The van der Waals surface area contributed by atoms with Gasteiger partial charge in [-0.15, -0.1) is 0 Å². The van der Waals surface area contributed by atoms with Crippen molar-refractivity contribution in [3.8, 4) is 0 Å². The third kappa shape index (κ3) is 1.62. The highest BCUT2D eigenvalue weighted by atomic mass is 16.3. The van der Waals surface area contributed by atoms with E-state index in [2.05, 4.69) is 5.18 Å². The first-order chi connectivity index (χ1) is 4.84. The van der Waals surface area contributed by atoms with E-state index < -0.39 is 6.04 Å². The van der Waals surface area contributed by atoms with Gasteiger partial charge in [0.2, 0.25) is 0 Å². The van der Waals surface area contributed by atoms with Gasteiger partial charge >= 0.3 is 0 Å². The molecule has 1 fully saturated rings. The Bertz CT molecular complexity index is 145. The van der Waals surface area contributed by atoms with Crippen LogP contribution in [0.15, 0.2) is 5.18 Å². The summed E-state index contributed by atoms with van der Waals surface area (Å²) < 4.78 is 0. The molecule has 1 saturated carbocycles. The van der Waals surface area contributed by atoms with Crippen molar-refractivity contribution in [1.29, 1.82) is 0 Å². The van der Waals surface area contributed by atoms with Gasteiger partial charge in [0.05, 0.1) is 0 Å². The number of carbonyl (C=O) groups is 1. The molecule has 1 unspecified atom stereocenters. The summed E-state index contributed by atoms with van der Waals surface area (Å²) in [6.07, 6.45) is 4.20. The van der Waals surface area contributed by atoms with Gasteiger partial charge in [0, 0.05) is 6.42 Å². The summed E-state index contributed by atoms with van der Waals surface area (Å²) in [6, 6.07) is -0.525. The number of nitroso groups, excluding NO2 is 1. The summed E-state index contributed by atoms with van der Waals surface area (Å²) in [5.41, 5.74) is 0. The average Bonchev–Trinajstić information content (AvgIpc) is 2.13. The highest BCUT2D eigenvalue weighted by molar-refractivity contribution is 5.84. The lowest BCUT2D eigenvalue weighted by Gasteiger charge is -1.99. The Morgan fingerprint density at radius 3 is 2.80 bits per heavy atom. The Kier molecular flexibility index (Phi) is 2.54. The van der Waals surface area contributed by atoms with Crippen LogP contribution in [0.3, 0.4) is 0 Å². The molecule has 0 bridgehead atoms. The van der Waals surface area contributed by atoms with Crippen LogP contribution in [-0.4, -0.2) is 11.8 Å². The van der Waals surface area contributed by atoms with Crippen molar-refractivity contribution in [2.75, 3.05) is 0 Å². The van der Waals surface area contributed by atoms with Crippen LogP contribution >= 0.6 is 0 Å². The number of hydrogen-bond acceptors (Lipinski definition) is 3. The molecule has 0 aromatic rings. The van der Waals surface area contributed by atoms with Crippen LogP contribution in [-0.2, 0) is 4.79 Å². The van der Waals surface area contributed by atoms with E-state index in [1.54, 1.807) is 0 Å². The summed E-state index contributed by atoms with van der Waals surface area (Å²) in [7, 11) is 0. The van der Waals surface area contributed by atoms with Gasteiger partial charge in [-0.2, -0.15) is 4.91 Å². The normalized spacial score (nSPS) is 27.6. The number of ketones is 1. The van der Waals surface area contributed by atoms with E-state index in [4.69, 9.17) is 0 Å². The minimum absolute atomic E-state index is 0.0347. The van der Waals surface area contributed by atoms with Crippen molar-refractivity contribution in [2.45, 2.75) is 38.1 Å². The summed E-state index contributed by atoms with van der Waals surface area (Å²) in [6.45, 7) is 0. The summed E-state index contributed by atoms with van der Waals surface area (Å²) in [5.74, 6) is 0.0347. The molecule has 3 heteroatoms. The van der Waals surface area contributed by atoms with Crippen LogP contribution in [0.2, 0.25) is 0 Å². The molecule has 0 saturated heterocycles. The molecule has 0 amide bonds. The first-order valence-corrected chi connectivity index (χ1v) is 3.70. The van der Waals surface area contributed by atoms with Crippen LogP contribution in [0.5, 0.6) is 0 Å². The quantitative estimate of drug-likeness (QED) is 0.411. The average molecular weight is 141 g/mol. The van der Waals surface area contributed by atoms with E-state index in [0.717, 1.165) is 19.3 Å². The zero-order chi connectivity index (χ0) is 7.40. The highest BCUT2D eigenvalue weighted by Gasteiger charge is 2.20. The van der Waals surface area contributed by atoms with Gasteiger partial charge in [-0.25, -0.2) is 0 Å². The lowest BCUT2D eigenvalue weighted by molar-refractivity contribution is -0.120. The van der Waals surface area contributed by atoms with Crippen molar-refractivity contribution < 1.29 is 4.79 Å². The Morgan fingerprint density at radius 2 is 2.10 bits per heavy atom. The number of rotatable bonds is 1. The van der Waals surface area contributed by atoms with E-state index in [9.17, 15) is 9.70 Å². The SMILES string of the molecule is O=NC1CCCCCC1=O. The first kappa shape index (κ1) is 7.38. The molecular formula is C7H11NO2. The largest absolute Gasteiger partial charge is 0.297 e. The Balaban J connectivity index is 2.51. The third-order valence-corrected chi connectivity index (χ3v) is 1.90. The smallest absolute Gasteiger partial charge is 0.160 e. The molecule has 56 valence electrons. The molecule has 0 radical (unpaired) electrons. The van der Waals surface area contributed by atoms with Crippen molar-refractivity contribution in [3.05, 3.63) is 4.91 Å². The maximum absolute atomic E-state index is 11.0. The molecule has 0 heterocycles. The van der Waals surface area contributed by atoms with E-state index in [1.165, 1.54) is 0 Å². The molecule has 0 aromatic heterocycles. The predicted octanol–water partition coefficient (Wildman–Crippen LogP) is 1.65. The van der Waals surface area contributed by atoms with Gasteiger partial charge in [-0.3, -0.25) is 4.79 Å². The van der Waals surface area contributed by atoms with Gasteiger partial charge in [-0.1, -0.05) is 18.0 Å². The first-order valence-electron chi connectivity index (χ1n) is 3.70. The molecule has 10 heavy (non-hydrogen) atoms. The summed E-state index contributed by atoms with van der Waals surface area (Å²) in [5, 5.41) is 2.79. The lowest BCUT2D eigenvalue weighted by atomic mass is 10.1. The summed E-state index contributed by atoms with van der Waals surface area (Å²) >= 11 is 0. The van der Waals surface area contributed by atoms with E-state index >= 15 is 0 Å². The Morgan fingerprint density at radius 1 is 1.30 bits per heavy atom. The number of nitrogens with zero attached hydrogens (tertiary/aromatic N) is 1. The second-order valence-electron chi connectivity index (χ2n) is 2.69. The van der Waals surface area contributed by atoms with Gasteiger partial charge in [0.25, 0.3) is 0 Å². The van der Waals surface area contributed by atoms with Gasteiger partial charge in [0.15, 0.2) is 5.78 Å². The fourth-order valence-electron chi connectivity index (χ4n) is 1.25. The van der Waals surface area contributed by atoms with Crippen LogP contribution in [0.4, 0.5) is 0 Å². The zero-order valence-corrected chi connectivity index (χ0v) is 5.88. The van der Waals surface area contributed by atoms with E-state index in [1.807, 2.05) is 0 Å². The molecule has 0 spiro atoms. The van der Waals surface area contributed by atoms with Gasteiger partial charge in [0.1, 0.15) is 6.04 Å². The number of hydrogen-bond donors (Lipinski definition) is 0. The third-order valence-electron chi connectivity index (χ3n) is 1.90.